The number of fused-ring (bicyclic) bond motifs is 1. The Balaban J connectivity index is 1.75. The predicted octanol–water partition coefficient (Wildman–Crippen LogP) is 4.79. The van der Waals surface area contributed by atoms with E-state index in [1.165, 1.54) is 18.2 Å². The minimum Gasteiger partial charge on any atom is -0.494 e. The van der Waals surface area contributed by atoms with E-state index in [0.29, 0.717) is 17.8 Å². The van der Waals surface area contributed by atoms with Crippen LogP contribution in [0.2, 0.25) is 0 Å². The van der Waals surface area contributed by atoms with Crippen molar-refractivity contribution in [2.45, 2.75) is 26.7 Å². The third-order valence-electron chi connectivity index (χ3n) is 4.43. The molecular weight excluding hydrogens is 382 g/mol. The second kappa shape index (κ2) is 9.57. The van der Waals surface area contributed by atoms with Gasteiger partial charge >= 0.3 is 11.6 Å². The zero-order valence-electron chi connectivity index (χ0n) is 16.8. The maximum absolute atomic E-state index is 12.4. The van der Waals surface area contributed by atoms with Gasteiger partial charge in [0.2, 0.25) is 0 Å². The highest BCUT2D eigenvalue weighted by molar-refractivity contribution is 5.99. The lowest BCUT2D eigenvalue weighted by molar-refractivity contribution is -0.129. The van der Waals surface area contributed by atoms with Gasteiger partial charge in [-0.05, 0) is 54.8 Å². The lowest BCUT2D eigenvalue weighted by atomic mass is 10.1. The smallest absolute Gasteiger partial charge is 0.354 e. The van der Waals surface area contributed by atoms with Crippen molar-refractivity contribution in [3.8, 4) is 17.6 Å². The van der Waals surface area contributed by atoms with Crippen molar-refractivity contribution in [3.05, 3.63) is 75.7 Å². The maximum atomic E-state index is 12.4. The molecule has 1 aromatic heterocycles. The molecule has 0 spiro atoms. The van der Waals surface area contributed by atoms with Gasteiger partial charge in [0.15, 0.2) is 0 Å². The van der Waals surface area contributed by atoms with Crippen molar-refractivity contribution in [1.29, 1.82) is 5.26 Å². The number of nitriles is 1. The summed E-state index contributed by atoms with van der Waals surface area (Å²) in [6, 6.07) is 15.1. The first-order valence-corrected chi connectivity index (χ1v) is 9.61. The number of esters is 1. The lowest BCUT2D eigenvalue weighted by Crippen LogP contribution is -2.10. The number of unbranched alkanes of at least 4 members (excludes halogenated alkanes) is 1. The topological polar surface area (TPSA) is 89.5 Å². The lowest BCUT2D eigenvalue weighted by Gasteiger charge is -2.06. The summed E-state index contributed by atoms with van der Waals surface area (Å²) in [6.45, 7) is 4.53. The molecule has 6 nitrogen and oxygen atoms in total. The summed E-state index contributed by atoms with van der Waals surface area (Å²) in [6.07, 6.45) is 3.48. The minimum atomic E-state index is -0.796. The molecule has 30 heavy (non-hydrogen) atoms. The summed E-state index contributed by atoms with van der Waals surface area (Å²) < 4.78 is 16.1. The van der Waals surface area contributed by atoms with Gasteiger partial charge in [-0.25, -0.2) is 9.59 Å². The van der Waals surface area contributed by atoms with Crippen LogP contribution in [0.1, 0.15) is 30.9 Å². The number of nitrogens with zero attached hydrogens (tertiary/aromatic N) is 1. The van der Waals surface area contributed by atoms with Crippen LogP contribution in [0.5, 0.6) is 11.5 Å². The first kappa shape index (κ1) is 20.9. The zero-order valence-corrected chi connectivity index (χ0v) is 16.8. The van der Waals surface area contributed by atoms with Gasteiger partial charge in [0.05, 0.1) is 6.61 Å². The average molecular weight is 403 g/mol. The molecule has 6 heteroatoms. The summed E-state index contributed by atoms with van der Waals surface area (Å²) in [5.74, 6) is 0.117. The Morgan fingerprint density at radius 3 is 2.57 bits per heavy atom. The Hall–Kier alpha value is -3.85. The van der Waals surface area contributed by atoms with Gasteiger partial charge in [-0.3, -0.25) is 0 Å². The average Bonchev–Trinajstić information content (AvgIpc) is 2.72. The van der Waals surface area contributed by atoms with Crippen LogP contribution in [0.3, 0.4) is 0 Å². The van der Waals surface area contributed by atoms with Crippen molar-refractivity contribution in [1.82, 2.24) is 0 Å². The number of rotatable bonds is 7. The molecule has 0 aliphatic heterocycles. The standard InChI is InChI=1S/C24H21NO5/c1-3-4-11-28-19-7-5-17(6-8-19)13-18(15-25)24(27)29-20-9-10-21-16(2)12-23(26)30-22(21)14-20/h5-10,12-14H,3-4,11H2,1-2H3/b18-13+. The molecule has 3 aromatic rings. The van der Waals surface area contributed by atoms with E-state index in [4.69, 9.17) is 13.9 Å². The second-order valence-corrected chi connectivity index (χ2v) is 6.74. The van der Waals surface area contributed by atoms with Gasteiger partial charge in [0.25, 0.3) is 0 Å². The third kappa shape index (κ3) is 5.15. The highest BCUT2D eigenvalue weighted by Crippen LogP contribution is 2.23. The van der Waals surface area contributed by atoms with Gasteiger partial charge in [0, 0.05) is 17.5 Å². The Kier molecular flexibility index (Phi) is 6.66. The molecule has 152 valence electrons. The van der Waals surface area contributed by atoms with Crippen LogP contribution < -0.4 is 15.1 Å². The molecule has 0 saturated heterocycles. The molecule has 0 aliphatic rings. The van der Waals surface area contributed by atoms with Crippen LogP contribution in [-0.4, -0.2) is 12.6 Å². The molecule has 1 heterocycles. The Bertz CT molecular complexity index is 1180. The van der Waals surface area contributed by atoms with Crippen molar-refractivity contribution >= 4 is 23.0 Å². The highest BCUT2D eigenvalue weighted by atomic mass is 16.5. The Morgan fingerprint density at radius 1 is 1.13 bits per heavy atom. The molecule has 0 amide bonds. The number of benzene rings is 2. The molecule has 0 N–H and O–H groups in total. The van der Waals surface area contributed by atoms with E-state index in [9.17, 15) is 14.9 Å². The molecule has 0 bridgehead atoms. The fourth-order valence-corrected chi connectivity index (χ4v) is 2.83. The molecule has 0 aliphatic carbocycles. The van der Waals surface area contributed by atoms with E-state index in [0.717, 1.165) is 29.5 Å². The predicted molar refractivity (Wildman–Crippen MR) is 113 cm³/mol. The molecule has 0 unspecified atom stereocenters. The monoisotopic (exact) mass is 403 g/mol. The molecule has 2 aromatic carbocycles. The molecule has 0 fully saturated rings. The van der Waals surface area contributed by atoms with Gasteiger partial charge < -0.3 is 13.9 Å². The van der Waals surface area contributed by atoms with Crippen LogP contribution in [0, 0.1) is 18.3 Å². The summed E-state index contributed by atoms with van der Waals surface area (Å²) in [7, 11) is 0. The van der Waals surface area contributed by atoms with E-state index in [-0.39, 0.29) is 11.3 Å². The van der Waals surface area contributed by atoms with E-state index < -0.39 is 11.6 Å². The van der Waals surface area contributed by atoms with Gasteiger partial charge in [-0.2, -0.15) is 5.26 Å². The number of hydrogen-bond acceptors (Lipinski definition) is 6. The Labute approximate surface area is 174 Å². The second-order valence-electron chi connectivity index (χ2n) is 6.74. The van der Waals surface area contributed by atoms with E-state index in [1.54, 1.807) is 43.3 Å². The summed E-state index contributed by atoms with van der Waals surface area (Å²) in [4.78, 5) is 24.0. The van der Waals surface area contributed by atoms with Crippen molar-refractivity contribution in [2.75, 3.05) is 6.61 Å². The van der Waals surface area contributed by atoms with Crippen LogP contribution >= 0.6 is 0 Å². The SMILES string of the molecule is CCCCOc1ccc(/C=C(\C#N)C(=O)Oc2ccc3c(C)cc(=O)oc3c2)cc1. The first-order chi connectivity index (χ1) is 14.5. The van der Waals surface area contributed by atoms with Gasteiger partial charge in [0.1, 0.15) is 28.7 Å². The van der Waals surface area contributed by atoms with E-state index >= 15 is 0 Å². The van der Waals surface area contributed by atoms with Crippen molar-refractivity contribution in [2.24, 2.45) is 0 Å². The molecule has 0 radical (unpaired) electrons. The molecule has 3 rings (SSSR count). The number of carbonyl (C=O) groups excluding carboxylic acids is 1. The molecule has 0 saturated carbocycles. The molecular formula is C24H21NO5. The number of carbonyl (C=O) groups is 1. The van der Waals surface area contributed by atoms with Crippen LogP contribution in [0.4, 0.5) is 0 Å². The van der Waals surface area contributed by atoms with Crippen LogP contribution in [0.25, 0.3) is 17.0 Å². The number of aryl methyl sites for hydroxylation is 1. The summed E-state index contributed by atoms with van der Waals surface area (Å²) in [5.41, 5.74) is 1.11. The van der Waals surface area contributed by atoms with Gasteiger partial charge in [-0.1, -0.05) is 25.5 Å². The van der Waals surface area contributed by atoms with Crippen LogP contribution in [0.15, 0.2) is 63.3 Å². The first-order valence-electron chi connectivity index (χ1n) is 9.61. The molecule has 0 atom stereocenters. The quantitative estimate of drug-likeness (QED) is 0.141. The van der Waals surface area contributed by atoms with Crippen LogP contribution in [-0.2, 0) is 4.79 Å². The summed E-state index contributed by atoms with van der Waals surface area (Å²) in [5, 5.41) is 10.1. The maximum Gasteiger partial charge on any atom is 0.354 e. The largest absolute Gasteiger partial charge is 0.494 e. The van der Waals surface area contributed by atoms with Gasteiger partial charge in [-0.15, -0.1) is 0 Å². The van der Waals surface area contributed by atoms with E-state index in [1.807, 2.05) is 6.07 Å². The normalized spacial score (nSPS) is 11.2. The third-order valence-corrected chi connectivity index (χ3v) is 4.43. The van der Waals surface area contributed by atoms with Crippen molar-refractivity contribution < 1.29 is 18.7 Å². The minimum absolute atomic E-state index is 0.152. The zero-order chi connectivity index (χ0) is 21.5. The van der Waals surface area contributed by atoms with Crippen molar-refractivity contribution in [3.63, 3.8) is 0 Å². The fourth-order valence-electron chi connectivity index (χ4n) is 2.83. The van der Waals surface area contributed by atoms with E-state index in [2.05, 4.69) is 6.92 Å². The fraction of sp³-hybridized carbons (Fsp3) is 0.208. The number of ether oxygens (including phenoxy) is 2. The Morgan fingerprint density at radius 2 is 1.87 bits per heavy atom. The summed E-state index contributed by atoms with van der Waals surface area (Å²) >= 11 is 0. The highest BCUT2D eigenvalue weighted by Gasteiger charge is 2.13. The number of hydrogen-bond donors (Lipinski definition) is 0.